The largest absolute Gasteiger partial charge is 0.378 e. The van der Waals surface area contributed by atoms with Crippen LogP contribution in [0, 0.1) is 11.8 Å². The first-order valence-electron chi connectivity index (χ1n) is 4.25. The molecule has 62 valence electrons. The number of carbonyl (C=O) groups is 1. The highest BCUT2D eigenvalue weighted by Crippen LogP contribution is 2.53. The summed E-state index contributed by atoms with van der Waals surface area (Å²) in [6.45, 7) is 2.12. The minimum atomic E-state index is 0.0246. The van der Waals surface area contributed by atoms with Gasteiger partial charge in [0.1, 0.15) is 5.78 Å². The van der Waals surface area contributed by atoms with E-state index in [-0.39, 0.29) is 5.60 Å². The van der Waals surface area contributed by atoms with Gasteiger partial charge >= 0.3 is 0 Å². The molecule has 2 aliphatic rings. The van der Waals surface area contributed by atoms with Crippen molar-refractivity contribution in [2.75, 3.05) is 7.11 Å². The van der Waals surface area contributed by atoms with Crippen molar-refractivity contribution in [3.63, 3.8) is 0 Å². The number of Topliss-reactive ketones (excluding diaryl/α,β-unsaturated/α-hetero) is 1. The minimum Gasteiger partial charge on any atom is -0.378 e. The maximum atomic E-state index is 11.2. The van der Waals surface area contributed by atoms with E-state index < -0.39 is 0 Å². The average Bonchev–Trinajstić information content (AvgIpc) is 2.27. The van der Waals surface area contributed by atoms with Crippen molar-refractivity contribution < 1.29 is 9.53 Å². The molecule has 0 bridgehead atoms. The third kappa shape index (κ3) is 0.791. The Morgan fingerprint density at radius 1 is 1.64 bits per heavy atom. The first kappa shape index (κ1) is 7.29. The van der Waals surface area contributed by atoms with Gasteiger partial charge in [-0.3, -0.25) is 4.79 Å². The van der Waals surface area contributed by atoms with E-state index in [1.807, 2.05) is 0 Å². The highest BCUT2D eigenvalue weighted by atomic mass is 16.5. The molecule has 0 aromatic heterocycles. The van der Waals surface area contributed by atoms with Crippen molar-refractivity contribution in [2.24, 2.45) is 11.8 Å². The van der Waals surface area contributed by atoms with Gasteiger partial charge in [0.25, 0.3) is 0 Å². The summed E-state index contributed by atoms with van der Waals surface area (Å²) >= 11 is 0. The Balaban J connectivity index is 2.12. The van der Waals surface area contributed by atoms with Crippen LogP contribution in [0.3, 0.4) is 0 Å². The fourth-order valence-electron chi connectivity index (χ4n) is 2.56. The lowest BCUT2D eigenvalue weighted by molar-refractivity contribution is -0.153. The van der Waals surface area contributed by atoms with Crippen molar-refractivity contribution in [3.8, 4) is 0 Å². The zero-order chi connectivity index (χ0) is 8.06. The van der Waals surface area contributed by atoms with Crippen LogP contribution in [0.5, 0.6) is 0 Å². The van der Waals surface area contributed by atoms with E-state index in [4.69, 9.17) is 4.74 Å². The number of fused-ring (bicyclic) bond motifs is 1. The van der Waals surface area contributed by atoms with Crippen LogP contribution >= 0.6 is 0 Å². The van der Waals surface area contributed by atoms with Gasteiger partial charge in [0.15, 0.2) is 0 Å². The Hall–Kier alpha value is -0.370. The van der Waals surface area contributed by atoms with Gasteiger partial charge in [-0.15, -0.1) is 0 Å². The van der Waals surface area contributed by atoms with Crippen molar-refractivity contribution in [2.45, 2.75) is 31.8 Å². The molecule has 0 spiro atoms. The SMILES string of the molecule is COC1(C)C[C@H]2C(=O)CC[C@H]21. The summed E-state index contributed by atoms with van der Waals surface area (Å²) in [6, 6.07) is 0. The molecule has 1 unspecified atom stereocenters. The summed E-state index contributed by atoms with van der Waals surface area (Å²) in [5, 5.41) is 0. The van der Waals surface area contributed by atoms with Crippen LogP contribution in [0.2, 0.25) is 0 Å². The van der Waals surface area contributed by atoms with E-state index in [2.05, 4.69) is 6.92 Å². The van der Waals surface area contributed by atoms with Gasteiger partial charge < -0.3 is 4.74 Å². The summed E-state index contributed by atoms with van der Waals surface area (Å²) in [5.41, 5.74) is 0.0246. The monoisotopic (exact) mass is 154 g/mol. The molecule has 0 saturated heterocycles. The van der Waals surface area contributed by atoms with E-state index in [9.17, 15) is 4.79 Å². The molecule has 0 radical (unpaired) electrons. The Kier molecular flexibility index (Phi) is 1.37. The van der Waals surface area contributed by atoms with E-state index in [1.165, 1.54) is 0 Å². The van der Waals surface area contributed by atoms with Gasteiger partial charge in [-0.2, -0.15) is 0 Å². The summed E-state index contributed by atoms with van der Waals surface area (Å²) in [5.74, 6) is 1.34. The Bertz CT molecular complexity index is 200. The van der Waals surface area contributed by atoms with Crippen LogP contribution in [-0.4, -0.2) is 18.5 Å². The van der Waals surface area contributed by atoms with Crippen LogP contribution in [0.25, 0.3) is 0 Å². The number of hydrogen-bond donors (Lipinski definition) is 0. The van der Waals surface area contributed by atoms with Gasteiger partial charge in [-0.05, 0) is 25.7 Å². The van der Waals surface area contributed by atoms with Gasteiger partial charge in [0.05, 0.1) is 5.60 Å². The van der Waals surface area contributed by atoms with Gasteiger partial charge in [0, 0.05) is 19.4 Å². The van der Waals surface area contributed by atoms with Crippen LogP contribution in [-0.2, 0) is 9.53 Å². The highest BCUT2D eigenvalue weighted by Gasteiger charge is 2.56. The maximum absolute atomic E-state index is 11.2. The van der Waals surface area contributed by atoms with Gasteiger partial charge in [-0.25, -0.2) is 0 Å². The molecule has 0 heterocycles. The predicted molar refractivity (Wildman–Crippen MR) is 41.3 cm³/mol. The summed E-state index contributed by atoms with van der Waals surface area (Å²) < 4.78 is 5.38. The van der Waals surface area contributed by atoms with Gasteiger partial charge in [0.2, 0.25) is 0 Å². The van der Waals surface area contributed by atoms with Crippen LogP contribution < -0.4 is 0 Å². The second kappa shape index (κ2) is 2.07. The molecule has 0 amide bonds. The lowest BCUT2D eigenvalue weighted by atomic mass is 9.63. The standard InChI is InChI=1S/C9H14O2/c1-9(11-2)5-6-7(9)3-4-8(6)10/h6-7H,3-5H2,1-2H3/t6-,7-,9?/m1/s1. The number of ether oxygens (including phenoxy) is 1. The van der Waals surface area contributed by atoms with Crippen LogP contribution in [0.1, 0.15) is 26.2 Å². The molecular weight excluding hydrogens is 140 g/mol. The van der Waals surface area contributed by atoms with Crippen LogP contribution in [0.15, 0.2) is 0 Å². The van der Waals surface area contributed by atoms with E-state index in [1.54, 1.807) is 7.11 Å². The molecule has 2 heteroatoms. The van der Waals surface area contributed by atoms with E-state index in [0.717, 1.165) is 19.3 Å². The molecule has 2 saturated carbocycles. The molecule has 0 aromatic carbocycles. The zero-order valence-corrected chi connectivity index (χ0v) is 7.09. The van der Waals surface area contributed by atoms with Crippen molar-refractivity contribution >= 4 is 5.78 Å². The number of carbonyl (C=O) groups excluding carboxylic acids is 1. The summed E-state index contributed by atoms with van der Waals surface area (Å²) in [4.78, 5) is 11.2. The number of ketones is 1. The zero-order valence-electron chi connectivity index (χ0n) is 7.09. The smallest absolute Gasteiger partial charge is 0.136 e. The normalized spacial score (nSPS) is 48.7. The lowest BCUT2D eigenvalue weighted by Gasteiger charge is -2.48. The first-order valence-corrected chi connectivity index (χ1v) is 4.25. The molecule has 3 atom stereocenters. The molecule has 2 fully saturated rings. The predicted octanol–water partition coefficient (Wildman–Crippen LogP) is 1.39. The van der Waals surface area contributed by atoms with E-state index in [0.29, 0.717) is 17.6 Å². The number of rotatable bonds is 1. The molecule has 11 heavy (non-hydrogen) atoms. The minimum absolute atomic E-state index is 0.0246. The van der Waals surface area contributed by atoms with Crippen molar-refractivity contribution in [1.82, 2.24) is 0 Å². The molecule has 2 rings (SSSR count). The van der Waals surface area contributed by atoms with Crippen molar-refractivity contribution in [3.05, 3.63) is 0 Å². The summed E-state index contributed by atoms with van der Waals surface area (Å²) in [6.07, 6.45) is 2.79. The second-order valence-corrected chi connectivity index (χ2v) is 3.94. The lowest BCUT2D eigenvalue weighted by Crippen LogP contribution is -2.52. The third-order valence-corrected chi connectivity index (χ3v) is 3.48. The number of hydrogen-bond acceptors (Lipinski definition) is 2. The molecular formula is C9H14O2. The van der Waals surface area contributed by atoms with Gasteiger partial charge in [-0.1, -0.05) is 0 Å². The molecule has 2 nitrogen and oxygen atoms in total. The van der Waals surface area contributed by atoms with Crippen LogP contribution in [0.4, 0.5) is 0 Å². The van der Waals surface area contributed by atoms with Crippen molar-refractivity contribution in [1.29, 1.82) is 0 Å². The maximum Gasteiger partial charge on any atom is 0.136 e. The highest BCUT2D eigenvalue weighted by molar-refractivity contribution is 5.85. The Labute approximate surface area is 66.9 Å². The Morgan fingerprint density at radius 2 is 2.36 bits per heavy atom. The topological polar surface area (TPSA) is 26.3 Å². The number of methoxy groups -OCH3 is 1. The third-order valence-electron chi connectivity index (χ3n) is 3.48. The van der Waals surface area contributed by atoms with E-state index >= 15 is 0 Å². The quantitative estimate of drug-likeness (QED) is 0.570. The molecule has 2 aliphatic carbocycles. The molecule has 0 aromatic rings. The fraction of sp³-hybridized carbons (Fsp3) is 0.889. The Morgan fingerprint density at radius 3 is 2.91 bits per heavy atom. The second-order valence-electron chi connectivity index (χ2n) is 3.94. The average molecular weight is 154 g/mol. The fourth-order valence-corrected chi connectivity index (χ4v) is 2.56. The summed E-state index contributed by atoms with van der Waals surface area (Å²) in [7, 11) is 1.75. The molecule has 0 aliphatic heterocycles. The molecule has 0 N–H and O–H groups in total. The first-order chi connectivity index (χ1) is 5.17.